The molecule has 0 amide bonds. The van der Waals surface area contributed by atoms with E-state index in [1.807, 2.05) is 0 Å². The second kappa shape index (κ2) is 13.6. The fraction of sp³-hybridized carbons (Fsp3) is 0. The summed E-state index contributed by atoms with van der Waals surface area (Å²) < 4.78 is 5.36. The summed E-state index contributed by atoms with van der Waals surface area (Å²) in [5.74, 6) is 0. The minimum atomic E-state index is 0.236. The Morgan fingerprint density at radius 1 is 0.286 bits per heavy atom. The van der Waals surface area contributed by atoms with Crippen molar-refractivity contribution in [3.63, 3.8) is 0 Å². The van der Waals surface area contributed by atoms with Crippen LogP contribution in [0.5, 0.6) is 0 Å². The normalized spacial score (nSPS) is 11.6. The van der Waals surface area contributed by atoms with Gasteiger partial charge in [-0.15, -0.1) is 0 Å². The van der Waals surface area contributed by atoms with Gasteiger partial charge in [-0.05, 0) is 5.56 Å². The zero-order valence-corrected chi connectivity index (χ0v) is 32.3. The molecule has 0 aliphatic carbocycles. The molecule has 262 valence electrons. The van der Waals surface area contributed by atoms with Crippen LogP contribution in [0.4, 0.5) is 0 Å². The third-order valence-corrected chi connectivity index (χ3v) is 13.7. The van der Waals surface area contributed by atoms with E-state index in [9.17, 15) is 0 Å². The van der Waals surface area contributed by atoms with Gasteiger partial charge in [0, 0.05) is 0 Å². The van der Waals surface area contributed by atoms with Crippen molar-refractivity contribution in [1.29, 1.82) is 0 Å². The molecule has 0 radical (unpaired) electrons. The predicted molar refractivity (Wildman–Crippen MR) is 240 cm³/mol. The molecule has 0 saturated carbocycles. The molecule has 0 aliphatic rings. The van der Waals surface area contributed by atoms with E-state index in [0.29, 0.717) is 0 Å². The molecule has 0 bridgehead atoms. The first-order chi connectivity index (χ1) is 27.7. The first-order valence-corrected chi connectivity index (χ1v) is 20.9. The number of hydrogen-bond donors (Lipinski definition) is 0. The summed E-state index contributed by atoms with van der Waals surface area (Å²) in [5, 5.41) is 5.26. The van der Waals surface area contributed by atoms with E-state index in [-0.39, 0.29) is 14.5 Å². The molecule has 0 saturated heterocycles. The van der Waals surface area contributed by atoms with Crippen LogP contribution in [0.3, 0.4) is 0 Å². The molecule has 11 aromatic rings. The summed E-state index contributed by atoms with van der Waals surface area (Å²) in [6.45, 7) is 0. The van der Waals surface area contributed by atoms with Crippen molar-refractivity contribution < 1.29 is 0 Å². The standard InChI is InChI=1S/C54H35NSe/c1-4-14-36(15-5-1)38-18-12-19-39(30-38)42-31-43(33-44(32-42)46-23-13-24-49-48-22-10-11-25-53(48)56-54(46)49)41-26-28-47-50-34-40(37-16-6-2-7-17-37)27-29-51(50)55(52(47)35-41)45-20-8-3-9-21-45/h1-35H. The van der Waals surface area contributed by atoms with E-state index in [2.05, 4.69) is 217 Å². The van der Waals surface area contributed by atoms with Gasteiger partial charge >= 0.3 is 292 Å². The van der Waals surface area contributed by atoms with Gasteiger partial charge in [0.25, 0.3) is 0 Å². The molecule has 0 aliphatic heterocycles. The van der Waals surface area contributed by atoms with Crippen LogP contribution in [-0.4, -0.2) is 19.1 Å². The van der Waals surface area contributed by atoms with Gasteiger partial charge in [-0.2, -0.15) is 0 Å². The number of aromatic nitrogens is 1. The van der Waals surface area contributed by atoms with Gasteiger partial charge in [0.2, 0.25) is 0 Å². The number of benzene rings is 9. The molecule has 56 heavy (non-hydrogen) atoms. The second-order valence-corrected chi connectivity index (χ2v) is 16.7. The van der Waals surface area contributed by atoms with Crippen LogP contribution in [0.15, 0.2) is 212 Å². The Bertz CT molecular complexity index is 3230. The SMILES string of the molecule is c1ccc(-c2cccc(-c3cc(-c4ccc5c6cc(-c7ccccc7)ccc6n(-c6ccccc6)c5c4)cc(-c4cccc5c4[se]c4ccccc45)c3)c2)cc1. The Morgan fingerprint density at radius 3 is 1.57 bits per heavy atom. The molecule has 2 heterocycles. The first kappa shape index (κ1) is 32.7. The molecule has 1 nitrogen and oxygen atoms in total. The molecule has 11 rings (SSSR count). The Balaban J connectivity index is 1.15. The Labute approximate surface area is 332 Å². The summed E-state index contributed by atoms with van der Waals surface area (Å²) >= 11 is 0.236. The third kappa shape index (κ3) is 5.62. The van der Waals surface area contributed by atoms with Crippen molar-refractivity contribution in [1.82, 2.24) is 4.57 Å². The summed E-state index contributed by atoms with van der Waals surface area (Å²) in [4.78, 5) is 0. The van der Waals surface area contributed by atoms with Crippen LogP contribution >= 0.6 is 0 Å². The van der Waals surface area contributed by atoms with E-state index < -0.39 is 0 Å². The van der Waals surface area contributed by atoms with Crippen molar-refractivity contribution in [3.05, 3.63) is 212 Å². The number of rotatable bonds is 6. The molecule has 9 aromatic carbocycles. The number of para-hydroxylation sites is 1. The van der Waals surface area contributed by atoms with Crippen LogP contribution in [0.2, 0.25) is 0 Å². The molecule has 2 aromatic heterocycles. The minimum absolute atomic E-state index is 0.236. The van der Waals surface area contributed by atoms with Gasteiger partial charge in [0.1, 0.15) is 0 Å². The summed E-state index contributed by atoms with van der Waals surface area (Å²) in [5.41, 5.74) is 15.9. The first-order valence-electron chi connectivity index (χ1n) is 19.2. The molecule has 2 heteroatoms. The Kier molecular flexibility index (Phi) is 7.91. The Hall–Kier alpha value is -6.70. The fourth-order valence-corrected chi connectivity index (χ4v) is 11.1. The van der Waals surface area contributed by atoms with Crippen molar-refractivity contribution >= 4 is 55.6 Å². The summed E-state index contributed by atoms with van der Waals surface area (Å²) in [6, 6.07) is 78.2. The average Bonchev–Trinajstić information content (AvgIpc) is 3.82. The van der Waals surface area contributed by atoms with Crippen LogP contribution in [0.1, 0.15) is 0 Å². The van der Waals surface area contributed by atoms with Gasteiger partial charge < -0.3 is 0 Å². The number of nitrogens with zero attached hydrogens (tertiary/aromatic N) is 1. The van der Waals surface area contributed by atoms with Crippen LogP contribution in [-0.2, 0) is 0 Å². The van der Waals surface area contributed by atoms with E-state index in [1.165, 1.54) is 96.7 Å². The Morgan fingerprint density at radius 2 is 0.821 bits per heavy atom. The van der Waals surface area contributed by atoms with E-state index >= 15 is 0 Å². The maximum atomic E-state index is 2.43. The van der Waals surface area contributed by atoms with Gasteiger partial charge in [-0.1, -0.05) is 36.4 Å². The van der Waals surface area contributed by atoms with Crippen molar-refractivity contribution in [2.75, 3.05) is 0 Å². The van der Waals surface area contributed by atoms with Crippen LogP contribution < -0.4 is 0 Å². The molecule has 0 fully saturated rings. The van der Waals surface area contributed by atoms with E-state index in [0.717, 1.165) is 5.69 Å². The zero-order chi connectivity index (χ0) is 37.0. The third-order valence-electron chi connectivity index (χ3n) is 11.2. The van der Waals surface area contributed by atoms with Crippen molar-refractivity contribution in [2.45, 2.75) is 0 Å². The van der Waals surface area contributed by atoms with Crippen molar-refractivity contribution in [2.24, 2.45) is 0 Å². The summed E-state index contributed by atoms with van der Waals surface area (Å²) in [7, 11) is 0. The predicted octanol–water partition coefficient (Wildman–Crippen LogP) is 14.5. The van der Waals surface area contributed by atoms with Crippen LogP contribution in [0, 0.1) is 0 Å². The average molecular weight is 777 g/mol. The molecule has 0 spiro atoms. The topological polar surface area (TPSA) is 4.93 Å². The quantitative estimate of drug-likeness (QED) is 0.148. The fourth-order valence-electron chi connectivity index (χ4n) is 8.47. The maximum absolute atomic E-state index is 2.43. The van der Waals surface area contributed by atoms with Gasteiger partial charge in [-0.3, -0.25) is 0 Å². The molecule has 0 atom stereocenters. The molecular formula is C54H35NSe. The number of fused-ring (bicyclic) bond motifs is 6. The molecular weight excluding hydrogens is 742 g/mol. The van der Waals surface area contributed by atoms with Gasteiger partial charge in [0.05, 0.1) is 0 Å². The van der Waals surface area contributed by atoms with E-state index in [4.69, 9.17) is 0 Å². The second-order valence-electron chi connectivity index (χ2n) is 14.5. The monoisotopic (exact) mass is 777 g/mol. The van der Waals surface area contributed by atoms with E-state index in [1.54, 1.807) is 0 Å². The summed E-state index contributed by atoms with van der Waals surface area (Å²) in [6.07, 6.45) is 0. The van der Waals surface area contributed by atoms with Gasteiger partial charge in [0.15, 0.2) is 0 Å². The van der Waals surface area contributed by atoms with Gasteiger partial charge in [-0.25, -0.2) is 0 Å². The van der Waals surface area contributed by atoms with Crippen LogP contribution in [0.25, 0.3) is 102 Å². The molecule has 0 unspecified atom stereocenters. The number of hydrogen-bond acceptors (Lipinski definition) is 0. The van der Waals surface area contributed by atoms with Crippen molar-refractivity contribution in [3.8, 4) is 61.3 Å². The molecule has 0 N–H and O–H groups in total. The zero-order valence-electron chi connectivity index (χ0n) is 30.6.